The van der Waals surface area contributed by atoms with Crippen LogP contribution in [0.4, 0.5) is 105 Å². The highest BCUT2D eigenvalue weighted by Crippen LogP contribution is 2.59. The highest BCUT2D eigenvalue weighted by molar-refractivity contribution is 6.54. The number of halogens is 25. The Bertz CT molecular complexity index is 1470. The SMILES string of the molecule is CC(C)([O][Al-]([O]C(C)(C(F)(F)F)C(F)(F)F)([O]C(C)(C(F)(F)F)C(F)(F)F)[O]C(C(F)(F)F)(C(F)(F)F)C(F)(F)F)C(F)(F)F.c1ccc([I+]c2ccccc2)cc1. The lowest BCUT2D eigenvalue weighted by molar-refractivity contribution is -0.597. The average Bonchev–Trinajstić information content (AvgIpc) is 2.96. The molecule has 0 atom stereocenters. The molecule has 58 heavy (non-hydrogen) atoms. The van der Waals surface area contributed by atoms with E-state index in [-0.39, 0.29) is 21.2 Å². The van der Waals surface area contributed by atoms with Crippen LogP contribution in [0.15, 0.2) is 60.7 Å². The molecular formula is C28H22AlF24IO4. The van der Waals surface area contributed by atoms with Crippen molar-refractivity contribution in [1.29, 1.82) is 0 Å². The standard InChI is InChI=1S/C12H10I.C4F9O.2C4H3F6O.C4H6F3O.Al/c1-3-7-11(8-4-1)13-12-9-5-2-6-10-12;5-2(6,7)1(14,3(8,9)10)4(11,12)13;2*1-2(11,3(5,6)7)4(8,9)10;1-3(2,8)4(5,6)7;/h1-10H;;2*1H3;1-2H3;/q+1;4*-1;+3. The van der Waals surface area contributed by atoms with Gasteiger partial charge >= 0.3 is 90.6 Å². The van der Waals surface area contributed by atoms with Crippen molar-refractivity contribution in [3.8, 4) is 0 Å². The predicted molar refractivity (Wildman–Crippen MR) is 142 cm³/mol. The van der Waals surface area contributed by atoms with Crippen molar-refractivity contribution >= 4 is 14.4 Å². The fourth-order valence-electron chi connectivity index (χ4n) is 3.72. The van der Waals surface area contributed by atoms with Gasteiger partial charge in [0.1, 0.15) is 5.60 Å². The highest BCUT2D eigenvalue weighted by Gasteiger charge is 2.88. The first kappa shape index (κ1) is 53.9. The second-order valence-electron chi connectivity index (χ2n) is 12.0. The van der Waals surface area contributed by atoms with E-state index in [4.69, 9.17) is 0 Å². The summed E-state index contributed by atoms with van der Waals surface area (Å²) in [7, 11) is 0. The molecule has 0 spiro atoms. The fourth-order valence-corrected chi connectivity index (χ4v) is 9.65. The monoisotopic (exact) mass is 1030 g/mol. The predicted octanol–water partition coefficient (Wildman–Crippen LogP) is 8.84. The van der Waals surface area contributed by atoms with E-state index in [9.17, 15) is 105 Å². The van der Waals surface area contributed by atoms with E-state index in [1.165, 1.54) is 7.14 Å². The Morgan fingerprint density at radius 3 is 0.810 bits per heavy atom. The van der Waals surface area contributed by atoms with Gasteiger partial charge in [-0.3, -0.25) is 0 Å². The zero-order chi connectivity index (χ0) is 46.3. The third-order valence-corrected chi connectivity index (χ3v) is 13.0. The van der Waals surface area contributed by atoms with Crippen LogP contribution < -0.4 is 21.2 Å². The van der Waals surface area contributed by atoms with Gasteiger partial charge in [-0.1, -0.05) is 36.4 Å². The second kappa shape index (κ2) is 17.0. The van der Waals surface area contributed by atoms with Gasteiger partial charge in [0.15, 0.2) is 7.14 Å². The topological polar surface area (TPSA) is 36.9 Å². The molecule has 0 saturated carbocycles. The van der Waals surface area contributed by atoms with E-state index in [1.54, 1.807) is 0 Å². The first-order chi connectivity index (χ1) is 25.3. The zero-order valence-electron chi connectivity index (χ0n) is 28.4. The maximum Gasteiger partial charge on any atom is 0.878 e. The van der Waals surface area contributed by atoms with Crippen molar-refractivity contribution in [3.05, 3.63) is 67.8 Å². The first-order valence-corrected chi connectivity index (χ1v) is 18.5. The molecule has 4 nitrogen and oxygen atoms in total. The quantitative estimate of drug-likeness (QED) is 0.136. The van der Waals surface area contributed by atoms with Crippen LogP contribution in [0.25, 0.3) is 0 Å². The third kappa shape index (κ3) is 11.6. The highest BCUT2D eigenvalue weighted by atomic mass is 127. The summed E-state index contributed by atoms with van der Waals surface area (Å²) in [6.45, 7) is -5.20. The summed E-state index contributed by atoms with van der Waals surface area (Å²) in [4.78, 5) is 0. The maximum absolute atomic E-state index is 13.5. The number of hydrogen-bond donors (Lipinski definition) is 0. The molecule has 0 bridgehead atoms. The smallest absolute Gasteiger partial charge is 0.576 e. The second-order valence-corrected chi connectivity index (χ2v) is 17.1. The van der Waals surface area contributed by atoms with E-state index < -0.39 is 114 Å². The molecule has 0 fully saturated rings. The van der Waals surface area contributed by atoms with Gasteiger partial charge in [-0.2, -0.15) is 105 Å². The third-order valence-electron chi connectivity index (χ3n) is 7.25. The van der Waals surface area contributed by atoms with E-state index in [0.717, 1.165) is 0 Å². The van der Waals surface area contributed by atoms with Gasteiger partial charge in [0.05, 0.1) is 0 Å². The average molecular weight is 1030 g/mol. The molecule has 0 heterocycles. The van der Waals surface area contributed by atoms with Gasteiger partial charge in [0.25, 0.3) is 0 Å². The summed E-state index contributed by atoms with van der Waals surface area (Å²) in [5.41, 5.74) is -27.6. The van der Waals surface area contributed by atoms with Crippen LogP contribution >= 0.6 is 0 Å². The van der Waals surface area contributed by atoms with Crippen molar-refractivity contribution in [1.82, 2.24) is 0 Å². The first-order valence-electron chi connectivity index (χ1n) is 14.5. The summed E-state index contributed by atoms with van der Waals surface area (Å²) < 4.78 is 338. The van der Waals surface area contributed by atoms with E-state index in [0.29, 0.717) is 0 Å². The van der Waals surface area contributed by atoms with Gasteiger partial charge in [-0.05, 0) is 52.0 Å². The van der Waals surface area contributed by atoms with Crippen LogP contribution in [0.5, 0.6) is 0 Å². The van der Waals surface area contributed by atoms with Crippen molar-refractivity contribution < 1.29 is 142 Å². The Morgan fingerprint density at radius 1 is 0.345 bits per heavy atom. The molecule has 0 aliphatic rings. The van der Waals surface area contributed by atoms with E-state index >= 15 is 0 Å². The normalized spacial score (nSPS) is 15.2. The molecule has 0 unspecified atom stereocenters. The lowest BCUT2D eigenvalue weighted by Crippen LogP contribution is -3.61. The minimum atomic E-state index is -10.4. The van der Waals surface area contributed by atoms with Gasteiger partial charge in [-0.15, -0.1) is 0 Å². The molecule has 0 N–H and O–H groups in total. The molecule has 2 rings (SSSR count). The molecule has 336 valence electrons. The van der Waals surface area contributed by atoms with Gasteiger partial charge in [0, 0.05) is 0 Å². The van der Waals surface area contributed by atoms with Crippen molar-refractivity contribution in [2.75, 3.05) is 0 Å². The summed E-state index contributed by atoms with van der Waals surface area (Å²) in [5.74, 6) is 0. The molecule has 0 aliphatic carbocycles. The zero-order valence-corrected chi connectivity index (χ0v) is 31.7. The lowest BCUT2D eigenvalue weighted by atomic mass is 10.0. The molecular weight excluding hydrogens is 1010 g/mol. The molecule has 2 aromatic carbocycles. The van der Waals surface area contributed by atoms with E-state index in [1.807, 2.05) is 0 Å². The molecule has 2 aromatic rings. The minimum absolute atomic E-state index is 0.0287. The fraction of sp³-hybridized carbons (Fsp3) is 0.571. The van der Waals surface area contributed by atoms with Crippen molar-refractivity contribution in [2.45, 2.75) is 99.5 Å². The Kier molecular flexibility index (Phi) is 15.8. The van der Waals surface area contributed by atoms with Gasteiger partial charge < -0.3 is 15.2 Å². The van der Waals surface area contributed by atoms with Crippen LogP contribution in [-0.2, 0) is 15.2 Å². The number of hydrogen-bond acceptors (Lipinski definition) is 4. The van der Waals surface area contributed by atoms with Crippen LogP contribution in [0, 0.1) is 7.14 Å². The van der Waals surface area contributed by atoms with Crippen LogP contribution in [0.2, 0.25) is 0 Å². The summed E-state index contributed by atoms with van der Waals surface area (Å²) >= 11 is -10.4. The lowest BCUT2D eigenvalue weighted by Gasteiger charge is -2.56. The number of benzene rings is 2. The van der Waals surface area contributed by atoms with Crippen LogP contribution in [0.3, 0.4) is 0 Å². The minimum Gasteiger partial charge on any atom is -0.576 e. The van der Waals surface area contributed by atoms with Gasteiger partial charge in [-0.25, -0.2) is 0 Å². The van der Waals surface area contributed by atoms with E-state index in [2.05, 4.69) is 75.8 Å². The Hall–Kier alpha value is -2.14. The number of rotatable bonds is 10. The Morgan fingerprint density at radius 2 is 0.603 bits per heavy atom. The van der Waals surface area contributed by atoms with Crippen molar-refractivity contribution in [2.24, 2.45) is 0 Å². The molecule has 30 heteroatoms. The van der Waals surface area contributed by atoms with Gasteiger partial charge in [0.2, 0.25) is 11.2 Å². The Balaban J connectivity index is 0.00000107. The largest absolute Gasteiger partial charge is 0.878 e. The summed E-state index contributed by atoms with van der Waals surface area (Å²) in [5, 5.41) is 0. The molecule has 0 radical (unpaired) electrons. The van der Waals surface area contributed by atoms with Crippen LogP contribution in [0.1, 0.15) is 27.7 Å². The number of alkyl halides is 24. The summed E-state index contributed by atoms with van der Waals surface area (Å²) in [6.07, 6.45) is -62.4. The molecule has 0 saturated heterocycles. The van der Waals surface area contributed by atoms with Crippen LogP contribution in [-0.4, -0.2) is 86.2 Å². The maximum atomic E-state index is 13.5. The molecule has 0 amide bonds. The molecule has 0 aliphatic heterocycles. The van der Waals surface area contributed by atoms with Crippen molar-refractivity contribution in [3.63, 3.8) is 0 Å². The summed E-state index contributed by atoms with van der Waals surface area (Å²) in [6, 6.07) is 21.4. The Labute approximate surface area is 323 Å². The molecule has 0 aromatic heterocycles.